The second-order valence-electron chi connectivity index (χ2n) is 5.13. The summed E-state index contributed by atoms with van der Waals surface area (Å²) >= 11 is 0. The zero-order chi connectivity index (χ0) is 14.6. The number of hydrogen-bond donors (Lipinski definition) is 0. The SMILES string of the molecule is CS(=O)(=O)CCCC(=O)Cc1ccc2ccccc2c1. The van der Waals surface area contributed by atoms with Gasteiger partial charge in [0.05, 0.1) is 5.75 Å². The van der Waals surface area contributed by atoms with Crippen LogP contribution in [0.25, 0.3) is 10.8 Å². The lowest BCUT2D eigenvalue weighted by atomic mass is 10.0. The first-order valence-electron chi connectivity index (χ1n) is 6.61. The van der Waals surface area contributed by atoms with E-state index in [1.165, 1.54) is 6.26 Å². The second-order valence-corrected chi connectivity index (χ2v) is 7.39. The van der Waals surface area contributed by atoms with E-state index < -0.39 is 9.84 Å². The van der Waals surface area contributed by atoms with Gasteiger partial charge in [-0.05, 0) is 22.8 Å². The molecule has 2 aromatic carbocycles. The Bertz CT molecular complexity index is 717. The highest BCUT2D eigenvalue weighted by molar-refractivity contribution is 7.90. The molecule has 0 atom stereocenters. The summed E-state index contributed by atoms with van der Waals surface area (Å²) in [5, 5.41) is 2.27. The molecule has 0 radical (unpaired) electrons. The van der Waals surface area contributed by atoms with Gasteiger partial charge in [-0.1, -0.05) is 42.5 Å². The molecule has 0 unspecified atom stereocenters. The third kappa shape index (κ3) is 4.46. The summed E-state index contributed by atoms with van der Waals surface area (Å²) in [6.45, 7) is 0. The van der Waals surface area contributed by atoms with Crippen LogP contribution < -0.4 is 0 Å². The van der Waals surface area contributed by atoms with Crippen LogP contribution in [0.3, 0.4) is 0 Å². The minimum atomic E-state index is -2.97. The molecule has 0 aromatic heterocycles. The molecule has 0 amide bonds. The highest BCUT2D eigenvalue weighted by atomic mass is 32.2. The number of sulfone groups is 1. The third-order valence-corrected chi connectivity index (χ3v) is 4.22. The fraction of sp³-hybridized carbons (Fsp3) is 0.312. The van der Waals surface area contributed by atoms with Gasteiger partial charge in [-0.3, -0.25) is 4.79 Å². The lowest BCUT2D eigenvalue weighted by Gasteiger charge is -2.03. The van der Waals surface area contributed by atoms with Crippen molar-refractivity contribution >= 4 is 26.4 Å². The van der Waals surface area contributed by atoms with Gasteiger partial charge in [0.1, 0.15) is 15.6 Å². The van der Waals surface area contributed by atoms with E-state index in [1.807, 2.05) is 42.5 Å². The van der Waals surface area contributed by atoms with Gasteiger partial charge >= 0.3 is 0 Å². The van der Waals surface area contributed by atoms with Crippen LogP contribution in [0.5, 0.6) is 0 Å². The van der Waals surface area contributed by atoms with Crippen LogP contribution >= 0.6 is 0 Å². The topological polar surface area (TPSA) is 51.2 Å². The first-order chi connectivity index (χ1) is 9.44. The minimum absolute atomic E-state index is 0.0798. The Morgan fingerprint density at radius 1 is 1.05 bits per heavy atom. The highest BCUT2D eigenvalue weighted by Crippen LogP contribution is 2.16. The summed E-state index contributed by atoms with van der Waals surface area (Å²) in [6, 6.07) is 14.0. The molecule has 106 valence electrons. The van der Waals surface area contributed by atoms with Crippen molar-refractivity contribution in [3.8, 4) is 0 Å². The van der Waals surface area contributed by atoms with E-state index in [0.29, 0.717) is 19.3 Å². The van der Waals surface area contributed by atoms with Crippen LogP contribution in [0.2, 0.25) is 0 Å². The number of carbonyl (C=O) groups excluding carboxylic acids is 1. The van der Waals surface area contributed by atoms with Gasteiger partial charge in [-0.15, -0.1) is 0 Å². The van der Waals surface area contributed by atoms with E-state index in [0.717, 1.165) is 16.3 Å². The summed E-state index contributed by atoms with van der Waals surface area (Å²) in [5.41, 5.74) is 0.980. The summed E-state index contributed by atoms with van der Waals surface area (Å²) in [4.78, 5) is 11.8. The maximum atomic E-state index is 11.8. The molecule has 20 heavy (non-hydrogen) atoms. The predicted octanol–water partition coefficient (Wildman–Crippen LogP) is 2.78. The van der Waals surface area contributed by atoms with Gasteiger partial charge < -0.3 is 0 Å². The van der Waals surface area contributed by atoms with E-state index in [9.17, 15) is 13.2 Å². The number of carbonyl (C=O) groups is 1. The summed E-state index contributed by atoms with van der Waals surface area (Å²) in [5.74, 6) is 0.167. The van der Waals surface area contributed by atoms with Crippen molar-refractivity contribution in [1.29, 1.82) is 0 Å². The van der Waals surface area contributed by atoms with Crippen molar-refractivity contribution in [2.45, 2.75) is 19.3 Å². The molecule has 0 heterocycles. The van der Waals surface area contributed by atoms with E-state index in [-0.39, 0.29) is 11.5 Å². The first kappa shape index (κ1) is 14.7. The fourth-order valence-electron chi connectivity index (χ4n) is 2.20. The summed E-state index contributed by atoms with van der Waals surface area (Å²) in [7, 11) is -2.97. The standard InChI is InChI=1S/C16H18O3S/c1-20(18,19)10-4-7-16(17)12-13-8-9-14-5-2-3-6-15(14)11-13/h2-3,5-6,8-9,11H,4,7,10,12H2,1H3. The van der Waals surface area contributed by atoms with Crippen molar-refractivity contribution in [1.82, 2.24) is 0 Å². The van der Waals surface area contributed by atoms with E-state index >= 15 is 0 Å². The van der Waals surface area contributed by atoms with Gasteiger partial charge in [0.2, 0.25) is 0 Å². The molecule has 0 saturated heterocycles. The molecular formula is C16H18O3S. The average Bonchev–Trinajstić information content (AvgIpc) is 2.37. The van der Waals surface area contributed by atoms with E-state index in [2.05, 4.69) is 0 Å². The Morgan fingerprint density at radius 2 is 1.75 bits per heavy atom. The Balaban J connectivity index is 1.96. The number of ketones is 1. The quantitative estimate of drug-likeness (QED) is 0.822. The maximum Gasteiger partial charge on any atom is 0.147 e. The van der Waals surface area contributed by atoms with E-state index in [1.54, 1.807) is 0 Å². The molecule has 0 spiro atoms. The van der Waals surface area contributed by atoms with Crippen molar-refractivity contribution in [2.24, 2.45) is 0 Å². The lowest BCUT2D eigenvalue weighted by Crippen LogP contribution is -2.08. The van der Waals surface area contributed by atoms with Gasteiger partial charge in [-0.25, -0.2) is 8.42 Å². The van der Waals surface area contributed by atoms with Crippen molar-refractivity contribution < 1.29 is 13.2 Å². The monoisotopic (exact) mass is 290 g/mol. The zero-order valence-electron chi connectivity index (χ0n) is 11.5. The van der Waals surface area contributed by atoms with Crippen molar-refractivity contribution in [2.75, 3.05) is 12.0 Å². The average molecular weight is 290 g/mol. The first-order valence-corrected chi connectivity index (χ1v) is 8.67. The molecule has 2 rings (SSSR count). The van der Waals surface area contributed by atoms with Gasteiger partial charge in [0.15, 0.2) is 0 Å². The minimum Gasteiger partial charge on any atom is -0.299 e. The smallest absolute Gasteiger partial charge is 0.147 e. The molecule has 0 aliphatic rings. The predicted molar refractivity (Wildman–Crippen MR) is 81.6 cm³/mol. The van der Waals surface area contributed by atoms with Crippen LogP contribution in [-0.2, 0) is 21.1 Å². The fourth-order valence-corrected chi connectivity index (χ4v) is 2.87. The molecule has 4 heteroatoms. The largest absolute Gasteiger partial charge is 0.299 e. The van der Waals surface area contributed by atoms with Crippen LogP contribution in [0.4, 0.5) is 0 Å². The number of Topliss-reactive ketones (excluding diaryl/α,β-unsaturated/α-hetero) is 1. The maximum absolute atomic E-state index is 11.8. The molecule has 0 fully saturated rings. The third-order valence-electron chi connectivity index (χ3n) is 3.19. The van der Waals surface area contributed by atoms with Crippen LogP contribution in [0.1, 0.15) is 18.4 Å². The molecule has 2 aromatic rings. The zero-order valence-corrected chi connectivity index (χ0v) is 12.3. The molecular weight excluding hydrogens is 272 g/mol. The Hall–Kier alpha value is -1.68. The lowest BCUT2D eigenvalue weighted by molar-refractivity contribution is -0.118. The Morgan fingerprint density at radius 3 is 2.45 bits per heavy atom. The van der Waals surface area contributed by atoms with E-state index in [4.69, 9.17) is 0 Å². The number of fused-ring (bicyclic) bond motifs is 1. The molecule has 0 aliphatic heterocycles. The summed E-state index contributed by atoms with van der Waals surface area (Å²) < 4.78 is 22.0. The molecule has 0 saturated carbocycles. The molecule has 0 N–H and O–H groups in total. The molecule has 0 aliphatic carbocycles. The molecule has 0 bridgehead atoms. The number of rotatable bonds is 6. The van der Waals surface area contributed by atoms with Gasteiger partial charge in [-0.2, -0.15) is 0 Å². The van der Waals surface area contributed by atoms with Crippen molar-refractivity contribution in [3.05, 3.63) is 48.0 Å². The number of benzene rings is 2. The van der Waals surface area contributed by atoms with Crippen molar-refractivity contribution in [3.63, 3.8) is 0 Å². The van der Waals surface area contributed by atoms with Crippen LogP contribution in [0, 0.1) is 0 Å². The normalized spacial score (nSPS) is 11.7. The Kier molecular flexibility index (Phi) is 4.55. The van der Waals surface area contributed by atoms with Gasteiger partial charge in [0.25, 0.3) is 0 Å². The Labute approximate surface area is 119 Å². The van der Waals surface area contributed by atoms with Crippen LogP contribution in [0.15, 0.2) is 42.5 Å². The molecule has 3 nitrogen and oxygen atoms in total. The van der Waals surface area contributed by atoms with Crippen LogP contribution in [-0.4, -0.2) is 26.2 Å². The number of hydrogen-bond acceptors (Lipinski definition) is 3. The van der Waals surface area contributed by atoms with Gasteiger partial charge in [0, 0.05) is 19.1 Å². The summed E-state index contributed by atoms with van der Waals surface area (Å²) in [6.07, 6.45) is 2.29. The highest BCUT2D eigenvalue weighted by Gasteiger charge is 2.07. The second kappa shape index (κ2) is 6.18.